The Labute approximate surface area is 125 Å². The summed E-state index contributed by atoms with van der Waals surface area (Å²) in [6, 6.07) is 11.0. The molecule has 0 saturated heterocycles. The first kappa shape index (κ1) is 14.9. The maximum absolute atomic E-state index is 12.3. The van der Waals surface area contributed by atoms with Crippen molar-refractivity contribution in [3.63, 3.8) is 0 Å². The van der Waals surface area contributed by atoms with Crippen molar-refractivity contribution in [2.24, 2.45) is 0 Å². The maximum Gasteiger partial charge on any atom is 0.253 e. The smallest absolute Gasteiger partial charge is 0.253 e. The molecule has 21 heavy (non-hydrogen) atoms. The fraction of sp³-hybridized carbons (Fsp3) is 0.235. The molecule has 4 nitrogen and oxygen atoms in total. The summed E-state index contributed by atoms with van der Waals surface area (Å²) < 4.78 is 0. The minimum absolute atomic E-state index is 0.0879. The molecular weight excluding hydrogens is 262 g/mol. The summed E-state index contributed by atoms with van der Waals surface area (Å²) in [7, 11) is 0. The van der Waals surface area contributed by atoms with Crippen LogP contribution in [-0.2, 0) is 0 Å². The van der Waals surface area contributed by atoms with Gasteiger partial charge in [-0.25, -0.2) is 0 Å². The molecule has 1 atom stereocenters. The second kappa shape index (κ2) is 5.87. The van der Waals surface area contributed by atoms with E-state index in [1.54, 1.807) is 18.2 Å². The average Bonchev–Trinajstić information content (AvgIpc) is 2.37. The predicted octanol–water partition coefficient (Wildman–Crippen LogP) is 2.96. The number of hydrogen-bond acceptors (Lipinski definition) is 3. The van der Waals surface area contributed by atoms with Crippen LogP contribution in [0.5, 0.6) is 0 Å². The van der Waals surface area contributed by atoms with Crippen LogP contribution in [0.25, 0.3) is 0 Å². The standard InChI is InChI=1S/C17H21N3O/c1-10-4-6-14(11(2)8-10)12(3)20-17(21)15-7-5-13(18)9-16(15)19/h4-9,12H,18-19H2,1-3H3,(H,20,21). The number of carbonyl (C=O) groups excluding carboxylic acids is 1. The van der Waals surface area contributed by atoms with Crippen molar-refractivity contribution in [1.29, 1.82) is 0 Å². The lowest BCUT2D eigenvalue weighted by Gasteiger charge is -2.18. The summed E-state index contributed by atoms with van der Waals surface area (Å²) in [5, 5.41) is 2.97. The first-order valence-corrected chi connectivity index (χ1v) is 6.91. The van der Waals surface area contributed by atoms with Crippen molar-refractivity contribution in [3.05, 3.63) is 58.7 Å². The molecule has 0 saturated carbocycles. The van der Waals surface area contributed by atoms with E-state index in [-0.39, 0.29) is 11.9 Å². The van der Waals surface area contributed by atoms with E-state index in [2.05, 4.69) is 18.3 Å². The molecule has 0 heterocycles. The highest BCUT2D eigenvalue weighted by Crippen LogP contribution is 2.21. The van der Waals surface area contributed by atoms with Gasteiger partial charge in [-0.05, 0) is 50.1 Å². The lowest BCUT2D eigenvalue weighted by atomic mass is 10.00. The van der Waals surface area contributed by atoms with Gasteiger partial charge < -0.3 is 16.8 Å². The lowest BCUT2D eigenvalue weighted by molar-refractivity contribution is 0.0941. The summed E-state index contributed by atoms with van der Waals surface area (Å²) in [6.45, 7) is 6.06. The Hall–Kier alpha value is -2.49. The van der Waals surface area contributed by atoms with Gasteiger partial charge in [0.2, 0.25) is 0 Å². The van der Waals surface area contributed by atoms with Crippen LogP contribution in [0, 0.1) is 13.8 Å². The van der Waals surface area contributed by atoms with Crippen LogP contribution in [0.2, 0.25) is 0 Å². The van der Waals surface area contributed by atoms with E-state index < -0.39 is 0 Å². The van der Waals surface area contributed by atoms with Crippen LogP contribution in [0.4, 0.5) is 11.4 Å². The van der Waals surface area contributed by atoms with Gasteiger partial charge in [0.25, 0.3) is 5.91 Å². The molecule has 1 unspecified atom stereocenters. The molecule has 1 amide bonds. The molecule has 2 aromatic rings. The summed E-state index contributed by atoms with van der Waals surface area (Å²) in [4.78, 5) is 12.3. The Bertz CT molecular complexity index is 680. The van der Waals surface area contributed by atoms with Crippen molar-refractivity contribution < 1.29 is 4.79 Å². The van der Waals surface area contributed by atoms with Crippen LogP contribution in [-0.4, -0.2) is 5.91 Å². The van der Waals surface area contributed by atoms with E-state index in [0.29, 0.717) is 16.9 Å². The van der Waals surface area contributed by atoms with Gasteiger partial charge >= 0.3 is 0 Å². The molecule has 4 heteroatoms. The SMILES string of the molecule is Cc1ccc(C(C)NC(=O)c2ccc(N)cc2N)c(C)c1. The molecule has 0 spiro atoms. The van der Waals surface area contributed by atoms with E-state index in [0.717, 1.165) is 11.1 Å². The molecule has 110 valence electrons. The van der Waals surface area contributed by atoms with Crippen LogP contribution in [0.15, 0.2) is 36.4 Å². The molecule has 0 bridgehead atoms. The van der Waals surface area contributed by atoms with E-state index in [1.807, 2.05) is 26.0 Å². The minimum Gasteiger partial charge on any atom is -0.399 e. The van der Waals surface area contributed by atoms with Gasteiger partial charge in [0.1, 0.15) is 0 Å². The quantitative estimate of drug-likeness (QED) is 0.757. The Morgan fingerprint density at radius 1 is 1.10 bits per heavy atom. The number of nitrogens with two attached hydrogens (primary N) is 2. The van der Waals surface area contributed by atoms with Crippen LogP contribution in [0.3, 0.4) is 0 Å². The van der Waals surface area contributed by atoms with Gasteiger partial charge in [-0.15, -0.1) is 0 Å². The van der Waals surface area contributed by atoms with Crippen molar-refractivity contribution >= 4 is 17.3 Å². The summed E-state index contributed by atoms with van der Waals surface area (Å²) >= 11 is 0. The molecule has 2 aromatic carbocycles. The van der Waals surface area contributed by atoms with Crippen molar-refractivity contribution in [1.82, 2.24) is 5.32 Å². The Kier molecular flexibility index (Phi) is 4.17. The molecule has 0 aliphatic heterocycles. The number of aryl methyl sites for hydroxylation is 2. The van der Waals surface area contributed by atoms with Crippen LogP contribution < -0.4 is 16.8 Å². The summed E-state index contributed by atoms with van der Waals surface area (Å²) in [5.41, 5.74) is 16.3. The number of amides is 1. The second-order valence-electron chi connectivity index (χ2n) is 5.40. The van der Waals surface area contributed by atoms with E-state index in [1.165, 1.54) is 5.56 Å². The van der Waals surface area contributed by atoms with Gasteiger partial charge in [0.15, 0.2) is 0 Å². The molecule has 0 radical (unpaired) electrons. The van der Waals surface area contributed by atoms with Crippen molar-refractivity contribution in [3.8, 4) is 0 Å². The molecule has 5 N–H and O–H groups in total. The fourth-order valence-electron chi connectivity index (χ4n) is 2.45. The number of benzene rings is 2. The van der Waals surface area contributed by atoms with Gasteiger partial charge in [0.05, 0.1) is 11.6 Å². The van der Waals surface area contributed by atoms with E-state index >= 15 is 0 Å². The third kappa shape index (κ3) is 3.34. The Morgan fingerprint density at radius 3 is 2.43 bits per heavy atom. The molecule has 2 rings (SSSR count). The number of hydrogen-bond donors (Lipinski definition) is 3. The molecule has 0 aliphatic carbocycles. The summed E-state index contributed by atoms with van der Waals surface area (Å²) in [5.74, 6) is -0.194. The predicted molar refractivity (Wildman–Crippen MR) is 87.1 cm³/mol. The highest BCUT2D eigenvalue weighted by Gasteiger charge is 2.15. The molecular formula is C17H21N3O. The molecule has 0 fully saturated rings. The number of rotatable bonds is 3. The largest absolute Gasteiger partial charge is 0.399 e. The number of nitrogens with one attached hydrogen (secondary N) is 1. The Morgan fingerprint density at radius 2 is 1.81 bits per heavy atom. The molecule has 0 aliphatic rings. The second-order valence-corrected chi connectivity index (χ2v) is 5.40. The van der Waals surface area contributed by atoms with Crippen molar-refractivity contribution in [2.45, 2.75) is 26.8 Å². The number of anilines is 2. The van der Waals surface area contributed by atoms with E-state index in [4.69, 9.17) is 11.5 Å². The monoisotopic (exact) mass is 283 g/mol. The zero-order chi connectivity index (χ0) is 15.6. The average molecular weight is 283 g/mol. The lowest BCUT2D eigenvalue weighted by Crippen LogP contribution is -2.27. The topological polar surface area (TPSA) is 81.1 Å². The van der Waals surface area contributed by atoms with Crippen molar-refractivity contribution in [2.75, 3.05) is 11.5 Å². The van der Waals surface area contributed by atoms with Gasteiger partial charge in [-0.3, -0.25) is 4.79 Å². The molecule has 0 aromatic heterocycles. The third-order valence-corrected chi connectivity index (χ3v) is 3.56. The number of carbonyl (C=O) groups is 1. The van der Waals surface area contributed by atoms with Crippen LogP contribution >= 0.6 is 0 Å². The first-order valence-electron chi connectivity index (χ1n) is 6.91. The highest BCUT2D eigenvalue weighted by molar-refractivity contribution is 5.99. The number of nitrogen functional groups attached to an aromatic ring is 2. The highest BCUT2D eigenvalue weighted by atomic mass is 16.1. The van der Waals surface area contributed by atoms with Crippen LogP contribution in [0.1, 0.15) is 40.0 Å². The zero-order valence-electron chi connectivity index (χ0n) is 12.6. The minimum atomic E-state index is -0.194. The third-order valence-electron chi connectivity index (χ3n) is 3.56. The maximum atomic E-state index is 12.3. The summed E-state index contributed by atoms with van der Waals surface area (Å²) in [6.07, 6.45) is 0. The first-order chi connectivity index (χ1) is 9.88. The normalized spacial score (nSPS) is 12.0. The van der Waals surface area contributed by atoms with E-state index in [9.17, 15) is 4.79 Å². The van der Waals surface area contributed by atoms with Gasteiger partial charge in [-0.2, -0.15) is 0 Å². The Balaban J connectivity index is 2.18. The van der Waals surface area contributed by atoms with Gasteiger partial charge in [-0.1, -0.05) is 23.8 Å². The fourth-order valence-corrected chi connectivity index (χ4v) is 2.45. The van der Waals surface area contributed by atoms with Gasteiger partial charge in [0, 0.05) is 11.4 Å². The zero-order valence-corrected chi connectivity index (χ0v) is 12.6.